The van der Waals surface area contributed by atoms with Gasteiger partial charge in [0.15, 0.2) is 0 Å². The topological polar surface area (TPSA) is 61.4 Å². The van der Waals surface area contributed by atoms with E-state index in [0.717, 1.165) is 74.4 Å². The Kier molecular flexibility index (Phi) is 6.76. The van der Waals surface area contributed by atoms with E-state index in [-0.39, 0.29) is 11.8 Å². The fourth-order valence-electron chi connectivity index (χ4n) is 5.17. The van der Waals surface area contributed by atoms with E-state index in [1.807, 2.05) is 0 Å². The molecular weight excluding hydrogens is 430 g/mol. The van der Waals surface area contributed by atoms with Crippen molar-refractivity contribution in [1.82, 2.24) is 15.3 Å². The van der Waals surface area contributed by atoms with Gasteiger partial charge in [0, 0.05) is 43.3 Å². The van der Waals surface area contributed by atoms with E-state index in [4.69, 9.17) is 0 Å². The van der Waals surface area contributed by atoms with E-state index in [9.17, 15) is 4.79 Å². The maximum atomic E-state index is 13.0. The van der Waals surface area contributed by atoms with Crippen LogP contribution in [-0.2, 0) is 17.6 Å². The van der Waals surface area contributed by atoms with E-state index in [0.29, 0.717) is 0 Å². The summed E-state index contributed by atoms with van der Waals surface area (Å²) in [5, 5.41) is 4.34. The standard InChI is InChI=1S/C26H33N5OS/c1-2-21-16-22-24(28-18-29-26(22)33-21)31-14-6-10-20(17-31)25(32)27-12-7-15-30-13-5-9-19-8-3-4-11-23(19)30/h3-4,8,11,16,18,20H,2,5-7,9-10,12-15,17H2,1H3,(H,27,32). The van der Waals surface area contributed by atoms with Crippen molar-refractivity contribution in [3.05, 3.63) is 47.1 Å². The molecule has 1 unspecified atom stereocenters. The molecule has 2 aliphatic rings. The Morgan fingerprint density at radius 1 is 1.21 bits per heavy atom. The molecule has 0 saturated carbocycles. The van der Waals surface area contributed by atoms with Crippen molar-refractivity contribution in [3.8, 4) is 0 Å². The van der Waals surface area contributed by atoms with E-state index in [1.165, 1.54) is 29.0 Å². The van der Waals surface area contributed by atoms with Gasteiger partial charge in [0.1, 0.15) is 17.0 Å². The monoisotopic (exact) mass is 463 g/mol. The van der Waals surface area contributed by atoms with Crippen molar-refractivity contribution in [1.29, 1.82) is 0 Å². The first-order valence-electron chi connectivity index (χ1n) is 12.3. The highest BCUT2D eigenvalue weighted by atomic mass is 32.1. The average molecular weight is 464 g/mol. The molecule has 1 amide bonds. The normalized spacial score (nSPS) is 18.4. The second-order valence-electron chi connectivity index (χ2n) is 9.13. The summed E-state index contributed by atoms with van der Waals surface area (Å²) in [6.45, 7) is 6.68. The molecule has 1 saturated heterocycles. The van der Waals surface area contributed by atoms with Crippen molar-refractivity contribution < 1.29 is 4.79 Å². The summed E-state index contributed by atoms with van der Waals surface area (Å²) < 4.78 is 0. The number of carbonyl (C=O) groups is 1. The van der Waals surface area contributed by atoms with Crippen LogP contribution in [0.15, 0.2) is 36.7 Å². The molecule has 6 nitrogen and oxygen atoms in total. The predicted octanol–water partition coefficient (Wildman–Crippen LogP) is 4.43. The molecule has 3 aromatic rings. The maximum Gasteiger partial charge on any atom is 0.224 e. The lowest BCUT2D eigenvalue weighted by Crippen LogP contribution is -2.44. The van der Waals surface area contributed by atoms with Gasteiger partial charge in [-0.1, -0.05) is 25.1 Å². The summed E-state index contributed by atoms with van der Waals surface area (Å²) >= 11 is 1.74. The molecule has 1 atom stereocenters. The number of thiophene rings is 1. The number of benzene rings is 1. The minimum Gasteiger partial charge on any atom is -0.371 e. The fourth-order valence-corrected chi connectivity index (χ4v) is 6.10. The van der Waals surface area contributed by atoms with Gasteiger partial charge in [0.25, 0.3) is 0 Å². The predicted molar refractivity (Wildman–Crippen MR) is 136 cm³/mol. The highest BCUT2D eigenvalue weighted by Crippen LogP contribution is 2.32. The number of rotatable bonds is 7. The van der Waals surface area contributed by atoms with Gasteiger partial charge in [0.2, 0.25) is 5.91 Å². The van der Waals surface area contributed by atoms with Crippen molar-refractivity contribution in [3.63, 3.8) is 0 Å². The third-order valence-corrected chi connectivity index (χ3v) is 8.10. The molecule has 1 N–H and O–H groups in total. The summed E-state index contributed by atoms with van der Waals surface area (Å²) in [7, 11) is 0. The van der Waals surface area contributed by atoms with Crippen molar-refractivity contribution >= 4 is 39.0 Å². The minimum absolute atomic E-state index is 0.0174. The van der Waals surface area contributed by atoms with Crippen LogP contribution in [0.25, 0.3) is 10.2 Å². The molecule has 0 spiro atoms. The second kappa shape index (κ2) is 10.1. The first-order valence-corrected chi connectivity index (χ1v) is 13.1. The van der Waals surface area contributed by atoms with Crippen molar-refractivity contribution in [2.24, 2.45) is 5.92 Å². The molecule has 7 heteroatoms. The number of nitrogens with zero attached hydrogens (tertiary/aromatic N) is 4. The number of aromatic nitrogens is 2. The maximum absolute atomic E-state index is 13.0. The first kappa shape index (κ1) is 22.1. The van der Waals surface area contributed by atoms with Gasteiger partial charge < -0.3 is 15.1 Å². The van der Waals surface area contributed by atoms with Crippen LogP contribution < -0.4 is 15.1 Å². The zero-order chi connectivity index (χ0) is 22.6. The smallest absolute Gasteiger partial charge is 0.224 e. The quantitative estimate of drug-likeness (QED) is 0.525. The average Bonchev–Trinajstić information content (AvgIpc) is 3.30. The summed E-state index contributed by atoms with van der Waals surface area (Å²) in [6.07, 6.45) is 7.98. The highest BCUT2D eigenvalue weighted by Gasteiger charge is 2.27. The van der Waals surface area contributed by atoms with Gasteiger partial charge in [-0.25, -0.2) is 9.97 Å². The number of para-hydroxylation sites is 1. The van der Waals surface area contributed by atoms with Gasteiger partial charge >= 0.3 is 0 Å². The van der Waals surface area contributed by atoms with E-state index < -0.39 is 0 Å². The van der Waals surface area contributed by atoms with E-state index in [2.05, 4.69) is 62.3 Å². The third kappa shape index (κ3) is 4.83. The Hall–Kier alpha value is -2.67. The van der Waals surface area contributed by atoms with Crippen LogP contribution in [0.5, 0.6) is 0 Å². The van der Waals surface area contributed by atoms with Crippen LogP contribution in [0.1, 0.15) is 43.0 Å². The molecule has 1 aromatic carbocycles. The van der Waals surface area contributed by atoms with Crippen molar-refractivity contribution in [2.75, 3.05) is 42.5 Å². The van der Waals surface area contributed by atoms with E-state index >= 15 is 0 Å². The first-order chi connectivity index (χ1) is 16.2. The summed E-state index contributed by atoms with van der Waals surface area (Å²) in [5.41, 5.74) is 2.82. The molecule has 174 valence electrons. The van der Waals surface area contributed by atoms with Crippen molar-refractivity contribution in [2.45, 2.75) is 45.4 Å². The number of aryl methyl sites for hydroxylation is 2. The Bertz CT molecular complexity index is 1110. The second-order valence-corrected chi connectivity index (χ2v) is 10.2. The zero-order valence-electron chi connectivity index (χ0n) is 19.4. The lowest BCUT2D eigenvalue weighted by Gasteiger charge is -2.33. The fraction of sp³-hybridized carbons (Fsp3) is 0.500. The number of hydrogen-bond acceptors (Lipinski definition) is 6. The lowest BCUT2D eigenvalue weighted by atomic mass is 9.97. The summed E-state index contributed by atoms with van der Waals surface area (Å²) in [5.74, 6) is 1.18. The number of fused-ring (bicyclic) bond motifs is 2. The van der Waals surface area contributed by atoms with Crippen LogP contribution in [0.3, 0.4) is 0 Å². The Morgan fingerprint density at radius 2 is 2.12 bits per heavy atom. The van der Waals surface area contributed by atoms with Crippen LogP contribution in [-0.4, -0.2) is 48.6 Å². The van der Waals surface area contributed by atoms with Gasteiger partial charge in [-0.2, -0.15) is 0 Å². The number of amides is 1. The lowest BCUT2D eigenvalue weighted by molar-refractivity contribution is -0.125. The van der Waals surface area contributed by atoms with Gasteiger partial charge in [-0.3, -0.25) is 4.79 Å². The molecule has 4 heterocycles. The summed E-state index contributed by atoms with van der Waals surface area (Å²) in [4.78, 5) is 29.1. The Morgan fingerprint density at radius 3 is 3.03 bits per heavy atom. The Labute approximate surface area is 200 Å². The molecule has 2 aliphatic heterocycles. The van der Waals surface area contributed by atoms with Crippen LogP contribution in [0.2, 0.25) is 0 Å². The van der Waals surface area contributed by atoms with Crippen LogP contribution >= 0.6 is 11.3 Å². The third-order valence-electron chi connectivity index (χ3n) is 6.91. The number of nitrogens with one attached hydrogen (secondary N) is 1. The SMILES string of the molecule is CCc1cc2c(N3CCCC(C(=O)NCCCN4CCCc5ccccc54)C3)ncnc2s1. The van der Waals surface area contributed by atoms with Gasteiger partial charge in [0.05, 0.1) is 11.3 Å². The number of piperidine rings is 1. The van der Waals surface area contributed by atoms with Crippen LogP contribution in [0, 0.1) is 5.92 Å². The van der Waals surface area contributed by atoms with E-state index in [1.54, 1.807) is 17.7 Å². The molecule has 33 heavy (non-hydrogen) atoms. The number of anilines is 2. The van der Waals surface area contributed by atoms with Crippen LogP contribution in [0.4, 0.5) is 11.5 Å². The molecule has 0 radical (unpaired) electrons. The van der Waals surface area contributed by atoms with Gasteiger partial charge in [-0.05, 0) is 56.2 Å². The summed E-state index contributed by atoms with van der Waals surface area (Å²) in [6, 6.07) is 10.9. The van der Waals surface area contributed by atoms with Gasteiger partial charge in [-0.15, -0.1) is 11.3 Å². The highest BCUT2D eigenvalue weighted by molar-refractivity contribution is 7.18. The molecule has 0 aliphatic carbocycles. The number of hydrogen-bond donors (Lipinski definition) is 1. The zero-order valence-corrected chi connectivity index (χ0v) is 20.2. The molecule has 5 rings (SSSR count). The molecule has 2 aromatic heterocycles. The minimum atomic E-state index is 0.0174. The molecule has 1 fully saturated rings. The largest absolute Gasteiger partial charge is 0.371 e. The Balaban J connectivity index is 1.15. The molecular formula is C26H33N5OS. The number of carbonyl (C=O) groups excluding carboxylic acids is 1. The molecule has 0 bridgehead atoms.